The van der Waals surface area contributed by atoms with Gasteiger partial charge in [-0.05, 0) is 56.1 Å². The van der Waals surface area contributed by atoms with Gasteiger partial charge in [-0.3, -0.25) is 4.79 Å². The van der Waals surface area contributed by atoms with Crippen molar-refractivity contribution in [1.82, 2.24) is 4.57 Å². The van der Waals surface area contributed by atoms with E-state index >= 15 is 0 Å². The van der Waals surface area contributed by atoms with Crippen LogP contribution < -0.4 is 5.32 Å². The second kappa shape index (κ2) is 5.47. The van der Waals surface area contributed by atoms with Crippen LogP contribution in [-0.4, -0.2) is 10.5 Å². The monoisotopic (exact) mass is 390 g/mol. The first kappa shape index (κ1) is 13.6. The summed E-state index contributed by atoms with van der Waals surface area (Å²) in [6, 6.07) is 6.97. The molecule has 0 aliphatic carbocycles. The third-order valence-corrected chi connectivity index (χ3v) is 3.71. The second-order valence-electron chi connectivity index (χ2n) is 3.73. The number of aryl methyl sites for hydroxylation is 1. The molecule has 94 valence electrons. The van der Waals surface area contributed by atoms with E-state index in [-0.39, 0.29) is 5.91 Å². The van der Waals surface area contributed by atoms with Crippen molar-refractivity contribution in [2.24, 2.45) is 7.05 Å². The number of rotatable bonds is 2. The van der Waals surface area contributed by atoms with Crippen molar-refractivity contribution in [1.29, 1.82) is 0 Å². The minimum atomic E-state index is -0.175. The fourth-order valence-corrected chi connectivity index (χ4v) is 2.83. The molecule has 0 atom stereocenters. The molecule has 2 aromatic rings. The number of anilines is 1. The normalized spacial score (nSPS) is 10.4. The van der Waals surface area contributed by atoms with Gasteiger partial charge in [0.15, 0.2) is 0 Å². The number of halogens is 3. The quantitative estimate of drug-likeness (QED) is 0.805. The van der Waals surface area contributed by atoms with E-state index in [1.807, 2.05) is 13.2 Å². The van der Waals surface area contributed by atoms with Crippen molar-refractivity contribution in [3.05, 3.63) is 50.1 Å². The maximum Gasteiger partial charge on any atom is 0.272 e. The molecule has 1 aromatic carbocycles. The molecule has 1 heterocycles. The highest BCUT2D eigenvalue weighted by molar-refractivity contribution is 9.10. The van der Waals surface area contributed by atoms with Gasteiger partial charge in [-0.25, -0.2) is 0 Å². The van der Waals surface area contributed by atoms with Crippen LogP contribution in [0.5, 0.6) is 0 Å². The van der Waals surface area contributed by atoms with Gasteiger partial charge >= 0.3 is 0 Å². The molecular weight excluding hydrogens is 383 g/mol. The molecule has 1 aromatic heterocycles. The molecule has 1 N–H and O–H groups in total. The Kier molecular flexibility index (Phi) is 4.14. The van der Waals surface area contributed by atoms with E-state index in [4.69, 9.17) is 11.6 Å². The maximum atomic E-state index is 12.1. The zero-order valence-electron chi connectivity index (χ0n) is 9.38. The summed E-state index contributed by atoms with van der Waals surface area (Å²) in [4.78, 5) is 12.1. The van der Waals surface area contributed by atoms with Crippen molar-refractivity contribution in [3.63, 3.8) is 0 Å². The van der Waals surface area contributed by atoms with Gasteiger partial charge in [0.05, 0.1) is 5.69 Å². The molecule has 0 aliphatic rings. The predicted molar refractivity (Wildman–Crippen MR) is 80.2 cm³/mol. The largest absolute Gasteiger partial charge is 0.345 e. The topological polar surface area (TPSA) is 34.0 Å². The van der Waals surface area contributed by atoms with Gasteiger partial charge in [-0.2, -0.15) is 0 Å². The van der Waals surface area contributed by atoms with Crippen LogP contribution in [0.1, 0.15) is 10.5 Å². The average molecular weight is 392 g/mol. The molecule has 0 spiro atoms. The molecule has 0 unspecified atom stereocenters. The summed E-state index contributed by atoms with van der Waals surface area (Å²) in [7, 11) is 1.82. The van der Waals surface area contributed by atoms with Crippen LogP contribution in [0.15, 0.2) is 39.4 Å². The first-order valence-corrected chi connectivity index (χ1v) is 7.02. The van der Waals surface area contributed by atoms with Gasteiger partial charge in [0.25, 0.3) is 5.91 Å². The molecule has 0 aliphatic heterocycles. The summed E-state index contributed by atoms with van der Waals surface area (Å²) in [6.45, 7) is 0. The molecule has 0 bridgehead atoms. The van der Waals surface area contributed by atoms with Crippen molar-refractivity contribution >= 4 is 55.1 Å². The molecule has 2 rings (SSSR count). The van der Waals surface area contributed by atoms with Crippen molar-refractivity contribution in [3.8, 4) is 0 Å². The number of benzene rings is 1. The smallest absolute Gasteiger partial charge is 0.272 e. The Morgan fingerprint density at radius 3 is 2.61 bits per heavy atom. The van der Waals surface area contributed by atoms with E-state index in [0.717, 1.165) is 8.95 Å². The Bertz CT molecular complexity index is 610. The van der Waals surface area contributed by atoms with Crippen LogP contribution in [0.25, 0.3) is 0 Å². The average Bonchev–Trinajstić information content (AvgIpc) is 2.62. The lowest BCUT2D eigenvalue weighted by Gasteiger charge is -2.08. The van der Waals surface area contributed by atoms with Gasteiger partial charge in [0.2, 0.25) is 0 Å². The first-order chi connectivity index (χ1) is 8.47. The second-order valence-corrected chi connectivity index (χ2v) is 5.94. The Morgan fingerprint density at radius 2 is 2.06 bits per heavy atom. The van der Waals surface area contributed by atoms with Crippen molar-refractivity contribution in [2.75, 3.05) is 5.32 Å². The van der Waals surface area contributed by atoms with Crippen LogP contribution in [0, 0.1) is 0 Å². The summed E-state index contributed by atoms with van der Waals surface area (Å²) >= 11 is 12.5. The Balaban J connectivity index is 2.24. The number of aromatic nitrogens is 1. The zero-order valence-corrected chi connectivity index (χ0v) is 13.3. The summed E-state index contributed by atoms with van der Waals surface area (Å²) in [5, 5.41) is 3.43. The molecule has 3 nitrogen and oxygen atoms in total. The molecular formula is C12H9Br2ClN2O. The van der Waals surface area contributed by atoms with E-state index in [2.05, 4.69) is 37.2 Å². The highest BCUT2D eigenvalue weighted by Crippen LogP contribution is 2.26. The highest BCUT2D eigenvalue weighted by atomic mass is 79.9. The Labute approximate surface area is 126 Å². The van der Waals surface area contributed by atoms with Gasteiger partial charge in [-0.1, -0.05) is 11.6 Å². The zero-order chi connectivity index (χ0) is 13.3. The van der Waals surface area contributed by atoms with Gasteiger partial charge in [-0.15, -0.1) is 0 Å². The number of amides is 1. The molecule has 1 amide bonds. The van der Waals surface area contributed by atoms with E-state index < -0.39 is 0 Å². The number of nitrogens with zero attached hydrogens (tertiary/aromatic N) is 1. The standard InChI is InChI=1S/C12H9Br2ClN2O/c1-17-6-7(13)4-11(17)12(18)16-10-3-2-8(15)5-9(10)14/h2-6H,1H3,(H,16,18). The van der Waals surface area contributed by atoms with Crippen LogP contribution in [0.4, 0.5) is 5.69 Å². The van der Waals surface area contributed by atoms with E-state index in [0.29, 0.717) is 16.4 Å². The summed E-state index contributed by atoms with van der Waals surface area (Å²) in [5.41, 5.74) is 1.26. The fourth-order valence-electron chi connectivity index (χ4n) is 1.53. The predicted octanol–water partition coefficient (Wildman–Crippen LogP) is 4.46. The summed E-state index contributed by atoms with van der Waals surface area (Å²) < 4.78 is 3.37. The molecule has 18 heavy (non-hydrogen) atoms. The summed E-state index contributed by atoms with van der Waals surface area (Å²) in [5.74, 6) is -0.175. The molecule has 6 heteroatoms. The third kappa shape index (κ3) is 2.96. The van der Waals surface area contributed by atoms with Gasteiger partial charge in [0, 0.05) is 27.2 Å². The Morgan fingerprint density at radius 1 is 1.33 bits per heavy atom. The minimum absolute atomic E-state index is 0.175. The van der Waals surface area contributed by atoms with Crippen LogP contribution >= 0.6 is 43.5 Å². The van der Waals surface area contributed by atoms with Gasteiger partial charge in [0.1, 0.15) is 5.69 Å². The van der Waals surface area contributed by atoms with E-state index in [1.54, 1.807) is 28.8 Å². The maximum absolute atomic E-state index is 12.1. The SMILES string of the molecule is Cn1cc(Br)cc1C(=O)Nc1ccc(Cl)cc1Br. The number of carbonyl (C=O) groups is 1. The minimum Gasteiger partial charge on any atom is -0.345 e. The van der Waals surface area contributed by atoms with E-state index in [9.17, 15) is 4.79 Å². The number of hydrogen-bond acceptors (Lipinski definition) is 1. The van der Waals surface area contributed by atoms with Crippen molar-refractivity contribution in [2.45, 2.75) is 0 Å². The Hall–Kier alpha value is -0.780. The molecule has 0 radical (unpaired) electrons. The number of nitrogens with one attached hydrogen (secondary N) is 1. The molecule has 0 saturated carbocycles. The van der Waals surface area contributed by atoms with Crippen LogP contribution in [0.3, 0.4) is 0 Å². The number of carbonyl (C=O) groups excluding carboxylic acids is 1. The lowest BCUT2D eigenvalue weighted by Crippen LogP contribution is -2.15. The van der Waals surface area contributed by atoms with E-state index in [1.165, 1.54) is 0 Å². The third-order valence-electron chi connectivity index (χ3n) is 2.38. The lowest BCUT2D eigenvalue weighted by molar-refractivity contribution is 0.101. The van der Waals surface area contributed by atoms with Gasteiger partial charge < -0.3 is 9.88 Å². The molecule has 0 fully saturated rings. The van der Waals surface area contributed by atoms with Crippen LogP contribution in [0.2, 0.25) is 5.02 Å². The highest BCUT2D eigenvalue weighted by Gasteiger charge is 2.12. The molecule has 0 saturated heterocycles. The lowest BCUT2D eigenvalue weighted by atomic mass is 10.3. The van der Waals surface area contributed by atoms with Crippen LogP contribution in [-0.2, 0) is 7.05 Å². The first-order valence-electron chi connectivity index (χ1n) is 5.05. The van der Waals surface area contributed by atoms with Crippen molar-refractivity contribution < 1.29 is 4.79 Å². The summed E-state index contributed by atoms with van der Waals surface area (Å²) in [6.07, 6.45) is 1.83. The number of hydrogen-bond donors (Lipinski definition) is 1. The fraction of sp³-hybridized carbons (Fsp3) is 0.0833.